The maximum absolute atomic E-state index is 12.9. The van der Waals surface area contributed by atoms with Crippen LogP contribution in [0.15, 0.2) is 35.9 Å². The number of hydrogen-bond donors (Lipinski definition) is 0. The monoisotopic (exact) mass is 321 g/mol. The highest BCUT2D eigenvalue weighted by Crippen LogP contribution is 2.06. The highest BCUT2D eigenvalue weighted by molar-refractivity contribution is 5.88. The summed E-state index contributed by atoms with van der Waals surface area (Å²) in [5.74, 6) is -0.728. The average molecular weight is 321 g/mol. The van der Waals surface area contributed by atoms with Crippen molar-refractivity contribution >= 4 is 11.9 Å². The summed E-state index contributed by atoms with van der Waals surface area (Å²) in [7, 11) is 0. The first-order valence-corrected chi connectivity index (χ1v) is 7.76. The van der Waals surface area contributed by atoms with E-state index in [9.17, 15) is 14.0 Å². The third kappa shape index (κ3) is 7.58. The predicted molar refractivity (Wildman–Crippen MR) is 87.4 cm³/mol. The van der Waals surface area contributed by atoms with E-state index in [1.807, 2.05) is 13.8 Å². The third-order valence-corrected chi connectivity index (χ3v) is 3.20. The summed E-state index contributed by atoms with van der Waals surface area (Å²) in [5, 5.41) is 0. The average Bonchev–Trinajstić information content (AvgIpc) is 2.48. The Balaban J connectivity index is 2.66. The van der Waals surface area contributed by atoms with E-state index in [4.69, 9.17) is 4.74 Å². The van der Waals surface area contributed by atoms with Gasteiger partial charge >= 0.3 is 5.97 Å². The van der Waals surface area contributed by atoms with Crippen LogP contribution in [0.4, 0.5) is 4.39 Å². The van der Waals surface area contributed by atoms with Gasteiger partial charge in [-0.1, -0.05) is 17.7 Å². The number of carbonyl (C=O) groups is 2. The van der Waals surface area contributed by atoms with Crippen LogP contribution in [0.2, 0.25) is 0 Å². The molecule has 0 saturated carbocycles. The van der Waals surface area contributed by atoms with Gasteiger partial charge in [-0.2, -0.15) is 0 Å². The van der Waals surface area contributed by atoms with Gasteiger partial charge in [0.05, 0.1) is 13.0 Å². The van der Waals surface area contributed by atoms with Crippen molar-refractivity contribution in [1.82, 2.24) is 4.90 Å². The first kappa shape index (κ1) is 18.9. The van der Waals surface area contributed by atoms with E-state index in [1.165, 1.54) is 12.1 Å². The van der Waals surface area contributed by atoms with E-state index < -0.39 is 0 Å². The molecule has 4 nitrogen and oxygen atoms in total. The lowest BCUT2D eigenvalue weighted by atomic mass is 10.1. The van der Waals surface area contributed by atoms with Crippen LogP contribution in [0.5, 0.6) is 0 Å². The Morgan fingerprint density at radius 2 is 1.83 bits per heavy atom. The highest BCUT2D eigenvalue weighted by atomic mass is 19.1. The van der Waals surface area contributed by atoms with Gasteiger partial charge in [-0.15, -0.1) is 0 Å². The molecule has 0 spiro atoms. The molecular formula is C18H24FNO3. The second-order valence-corrected chi connectivity index (χ2v) is 5.48. The van der Waals surface area contributed by atoms with Crippen molar-refractivity contribution in [2.75, 3.05) is 19.7 Å². The highest BCUT2D eigenvalue weighted by Gasteiger charge is 2.13. The molecule has 0 aliphatic rings. The topological polar surface area (TPSA) is 46.6 Å². The lowest BCUT2D eigenvalue weighted by Gasteiger charge is -2.21. The van der Waals surface area contributed by atoms with Crippen LogP contribution in [0, 0.1) is 5.82 Å². The molecule has 0 N–H and O–H groups in total. The number of esters is 1. The maximum atomic E-state index is 12.9. The van der Waals surface area contributed by atoms with Crippen molar-refractivity contribution in [3.63, 3.8) is 0 Å². The van der Waals surface area contributed by atoms with E-state index >= 15 is 0 Å². The summed E-state index contributed by atoms with van der Waals surface area (Å²) < 4.78 is 17.8. The largest absolute Gasteiger partial charge is 0.466 e. The van der Waals surface area contributed by atoms with Gasteiger partial charge in [-0.25, -0.2) is 4.39 Å². The summed E-state index contributed by atoms with van der Waals surface area (Å²) in [6.45, 7) is 6.55. The normalized spacial score (nSPS) is 10.1. The quantitative estimate of drug-likeness (QED) is 0.546. The molecule has 0 saturated heterocycles. The zero-order chi connectivity index (χ0) is 17.2. The van der Waals surface area contributed by atoms with Crippen LogP contribution in [0.25, 0.3) is 0 Å². The summed E-state index contributed by atoms with van der Waals surface area (Å²) in [4.78, 5) is 25.3. The molecule has 1 rings (SSSR count). The molecule has 0 heterocycles. The molecule has 0 aliphatic heterocycles. The van der Waals surface area contributed by atoms with Gasteiger partial charge < -0.3 is 9.64 Å². The van der Waals surface area contributed by atoms with Crippen LogP contribution < -0.4 is 0 Å². The van der Waals surface area contributed by atoms with Crippen LogP contribution in [0.3, 0.4) is 0 Å². The molecule has 0 bridgehead atoms. The third-order valence-electron chi connectivity index (χ3n) is 3.20. The van der Waals surface area contributed by atoms with Crippen molar-refractivity contribution in [2.45, 2.75) is 33.6 Å². The molecule has 23 heavy (non-hydrogen) atoms. The van der Waals surface area contributed by atoms with Crippen molar-refractivity contribution in [3.8, 4) is 0 Å². The molecule has 5 heteroatoms. The number of rotatable bonds is 8. The van der Waals surface area contributed by atoms with Gasteiger partial charge in [0.25, 0.3) is 0 Å². The van der Waals surface area contributed by atoms with E-state index in [0.717, 1.165) is 11.1 Å². The summed E-state index contributed by atoms with van der Waals surface area (Å²) in [5.41, 5.74) is 1.84. The first-order valence-electron chi connectivity index (χ1n) is 7.76. The number of carbonyl (C=O) groups excluding carboxylic acids is 2. The van der Waals surface area contributed by atoms with Crippen LogP contribution in [-0.2, 0) is 20.7 Å². The first-order chi connectivity index (χ1) is 10.9. The number of halogens is 1. The molecule has 0 unspecified atom stereocenters. The van der Waals surface area contributed by atoms with Gasteiger partial charge in [0.15, 0.2) is 0 Å². The Hall–Kier alpha value is -2.17. The lowest BCUT2D eigenvalue weighted by Crippen LogP contribution is -2.34. The van der Waals surface area contributed by atoms with Gasteiger partial charge in [0, 0.05) is 19.2 Å². The van der Waals surface area contributed by atoms with E-state index in [-0.39, 0.29) is 24.1 Å². The second-order valence-electron chi connectivity index (χ2n) is 5.48. The fraction of sp³-hybridized carbons (Fsp3) is 0.444. The molecule has 1 amide bonds. The Kier molecular flexibility index (Phi) is 8.02. The standard InChI is InChI=1S/C18H24FNO3/c1-4-23-18(22)10-12-20(17(21)13-14(2)3)11-9-15-5-7-16(19)8-6-15/h5-8,13H,4,9-12H2,1-3H3. The molecule has 1 aromatic carbocycles. The smallest absolute Gasteiger partial charge is 0.307 e. The van der Waals surface area contributed by atoms with Gasteiger partial charge in [0.1, 0.15) is 5.82 Å². The zero-order valence-corrected chi connectivity index (χ0v) is 14.0. The van der Waals surface area contributed by atoms with Crippen molar-refractivity contribution in [2.24, 2.45) is 0 Å². The number of nitrogens with zero attached hydrogens (tertiary/aromatic N) is 1. The molecular weight excluding hydrogens is 297 g/mol. The lowest BCUT2D eigenvalue weighted by molar-refractivity contribution is -0.143. The molecule has 0 atom stereocenters. The predicted octanol–water partition coefficient (Wildman–Crippen LogP) is 3.12. The number of ether oxygens (including phenoxy) is 1. The van der Waals surface area contributed by atoms with Gasteiger partial charge in [-0.05, 0) is 44.9 Å². The minimum absolute atomic E-state index is 0.128. The fourth-order valence-electron chi connectivity index (χ4n) is 2.04. The Bertz CT molecular complexity index is 548. The van der Waals surface area contributed by atoms with Crippen molar-refractivity contribution in [1.29, 1.82) is 0 Å². The minimum Gasteiger partial charge on any atom is -0.466 e. The molecule has 0 radical (unpaired) electrons. The fourth-order valence-corrected chi connectivity index (χ4v) is 2.04. The number of allylic oxidation sites excluding steroid dienone is 1. The van der Waals surface area contributed by atoms with Gasteiger partial charge in [0.2, 0.25) is 5.91 Å². The maximum Gasteiger partial charge on any atom is 0.307 e. The molecule has 0 fully saturated rings. The molecule has 0 aliphatic carbocycles. The zero-order valence-electron chi connectivity index (χ0n) is 14.0. The molecule has 1 aromatic rings. The summed E-state index contributed by atoms with van der Waals surface area (Å²) in [6.07, 6.45) is 2.32. The molecule has 126 valence electrons. The number of hydrogen-bond acceptors (Lipinski definition) is 3. The van der Waals surface area contributed by atoms with E-state index in [1.54, 1.807) is 30.0 Å². The van der Waals surface area contributed by atoms with E-state index in [0.29, 0.717) is 26.1 Å². The van der Waals surface area contributed by atoms with Gasteiger partial charge in [-0.3, -0.25) is 9.59 Å². The van der Waals surface area contributed by atoms with Crippen LogP contribution in [-0.4, -0.2) is 36.5 Å². The number of benzene rings is 1. The van der Waals surface area contributed by atoms with Crippen LogP contribution in [0.1, 0.15) is 32.8 Å². The van der Waals surface area contributed by atoms with Crippen molar-refractivity contribution in [3.05, 3.63) is 47.3 Å². The van der Waals surface area contributed by atoms with Crippen molar-refractivity contribution < 1.29 is 18.7 Å². The Morgan fingerprint density at radius 3 is 2.39 bits per heavy atom. The Labute approximate surface area is 136 Å². The molecule has 0 aromatic heterocycles. The minimum atomic E-state index is -0.315. The number of amides is 1. The van der Waals surface area contributed by atoms with Crippen LogP contribution >= 0.6 is 0 Å². The van der Waals surface area contributed by atoms with E-state index in [2.05, 4.69) is 0 Å². The SMILES string of the molecule is CCOC(=O)CCN(CCc1ccc(F)cc1)C(=O)C=C(C)C. The summed E-state index contributed by atoms with van der Waals surface area (Å²) in [6, 6.07) is 6.20. The Morgan fingerprint density at radius 1 is 1.17 bits per heavy atom. The summed E-state index contributed by atoms with van der Waals surface area (Å²) >= 11 is 0. The second kappa shape index (κ2) is 9.77.